The van der Waals surface area contributed by atoms with Crippen LogP contribution in [-0.2, 0) is 6.54 Å². The molecule has 22 heavy (non-hydrogen) atoms. The van der Waals surface area contributed by atoms with Crippen LogP contribution in [0, 0.1) is 22.7 Å². The first-order chi connectivity index (χ1) is 10.7. The monoisotopic (exact) mass is 295 g/mol. The standard InChI is InChI=1S/C19H25N3/c1-3-5-10-22(11-6-4-2)16-18-9-7-8-17(12-18)13-19(14-20)15-21/h7-9,12-13H,3-6,10-11,16H2,1-2H3. The molecule has 0 N–H and O–H groups in total. The van der Waals surface area contributed by atoms with Gasteiger partial charge in [0, 0.05) is 6.54 Å². The molecule has 0 bridgehead atoms. The number of rotatable bonds is 9. The van der Waals surface area contributed by atoms with Gasteiger partial charge in [0.15, 0.2) is 0 Å². The molecular weight excluding hydrogens is 270 g/mol. The van der Waals surface area contributed by atoms with Gasteiger partial charge in [-0.1, -0.05) is 51.0 Å². The van der Waals surface area contributed by atoms with Gasteiger partial charge in [-0.05, 0) is 43.1 Å². The molecule has 0 aliphatic heterocycles. The van der Waals surface area contributed by atoms with Crippen molar-refractivity contribution in [2.45, 2.75) is 46.1 Å². The average molecular weight is 295 g/mol. The fourth-order valence-electron chi connectivity index (χ4n) is 2.33. The van der Waals surface area contributed by atoms with Gasteiger partial charge in [-0.2, -0.15) is 10.5 Å². The van der Waals surface area contributed by atoms with Crippen LogP contribution in [0.4, 0.5) is 0 Å². The molecule has 0 unspecified atom stereocenters. The predicted molar refractivity (Wildman–Crippen MR) is 90.7 cm³/mol. The minimum atomic E-state index is 0.144. The molecule has 0 amide bonds. The zero-order chi connectivity index (χ0) is 16.2. The molecule has 1 aromatic carbocycles. The Balaban J connectivity index is 2.80. The number of hydrogen-bond donors (Lipinski definition) is 0. The van der Waals surface area contributed by atoms with Crippen molar-refractivity contribution < 1.29 is 0 Å². The van der Waals surface area contributed by atoms with Crippen LogP contribution in [0.1, 0.15) is 50.7 Å². The first-order valence-electron chi connectivity index (χ1n) is 8.06. The van der Waals surface area contributed by atoms with Crippen molar-refractivity contribution in [3.8, 4) is 12.1 Å². The second-order valence-corrected chi connectivity index (χ2v) is 5.51. The summed E-state index contributed by atoms with van der Waals surface area (Å²) >= 11 is 0. The lowest BCUT2D eigenvalue weighted by Crippen LogP contribution is -2.25. The third-order valence-electron chi connectivity index (χ3n) is 3.56. The summed E-state index contributed by atoms with van der Waals surface area (Å²) in [5, 5.41) is 17.7. The Bertz CT molecular complexity index is 537. The highest BCUT2D eigenvalue weighted by Crippen LogP contribution is 2.13. The minimum absolute atomic E-state index is 0.144. The van der Waals surface area contributed by atoms with Gasteiger partial charge in [-0.15, -0.1) is 0 Å². The lowest BCUT2D eigenvalue weighted by Gasteiger charge is -2.22. The highest BCUT2D eigenvalue weighted by molar-refractivity contribution is 5.62. The van der Waals surface area contributed by atoms with E-state index in [1.54, 1.807) is 6.08 Å². The van der Waals surface area contributed by atoms with Gasteiger partial charge in [0.05, 0.1) is 0 Å². The second kappa shape index (κ2) is 10.6. The third kappa shape index (κ3) is 6.57. The Morgan fingerprint density at radius 1 is 1.09 bits per heavy atom. The molecule has 0 saturated carbocycles. The molecule has 0 spiro atoms. The molecule has 0 fully saturated rings. The van der Waals surface area contributed by atoms with Gasteiger partial charge in [-0.3, -0.25) is 4.90 Å². The SMILES string of the molecule is CCCCN(CCCC)Cc1cccc(C=C(C#N)C#N)c1. The highest BCUT2D eigenvalue weighted by atomic mass is 15.1. The predicted octanol–water partition coefficient (Wildman–Crippen LogP) is 4.52. The second-order valence-electron chi connectivity index (χ2n) is 5.51. The largest absolute Gasteiger partial charge is 0.299 e. The van der Waals surface area contributed by atoms with E-state index in [0.717, 1.165) is 25.2 Å². The summed E-state index contributed by atoms with van der Waals surface area (Å²) in [5.41, 5.74) is 2.30. The van der Waals surface area contributed by atoms with Crippen LogP contribution in [0.2, 0.25) is 0 Å². The van der Waals surface area contributed by atoms with Crippen molar-refractivity contribution >= 4 is 6.08 Å². The first-order valence-corrected chi connectivity index (χ1v) is 8.06. The van der Waals surface area contributed by atoms with Crippen molar-refractivity contribution in [3.63, 3.8) is 0 Å². The Hall–Kier alpha value is -2.10. The van der Waals surface area contributed by atoms with E-state index >= 15 is 0 Å². The maximum atomic E-state index is 8.85. The smallest absolute Gasteiger partial charge is 0.130 e. The van der Waals surface area contributed by atoms with Crippen LogP contribution in [0.25, 0.3) is 6.08 Å². The summed E-state index contributed by atoms with van der Waals surface area (Å²) in [6.45, 7) is 7.61. The zero-order valence-corrected chi connectivity index (χ0v) is 13.7. The number of benzene rings is 1. The van der Waals surface area contributed by atoms with Crippen LogP contribution in [0.15, 0.2) is 29.8 Å². The normalized spacial score (nSPS) is 10.0. The molecule has 0 aromatic heterocycles. The molecule has 0 atom stereocenters. The van der Waals surface area contributed by atoms with Crippen molar-refractivity contribution in [1.82, 2.24) is 4.90 Å². The molecule has 0 aliphatic carbocycles. The minimum Gasteiger partial charge on any atom is -0.299 e. The summed E-state index contributed by atoms with van der Waals surface area (Å²) < 4.78 is 0. The summed E-state index contributed by atoms with van der Waals surface area (Å²) in [5.74, 6) is 0. The van der Waals surface area contributed by atoms with E-state index in [4.69, 9.17) is 10.5 Å². The number of unbranched alkanes of at least 4 members (excludes halogenated alkanes) is 2. The molecule has 1 rings (SSSR count). The lowest BCUT2D eigenvalue weighted by atomic mass is 10.1. The first kappa shape index (κ1) is 18.0. The summed E-state index contributed by atoms with van der Waals surface area (Å²) in [6.07, 6.45) is 6.50. The maximum Gasteiger partial charge on any atom is 0.130 e. The molecule has 116 valence electrons. The van der Waals surface area contributed by atoms with Gasteiger partial charge in [0.2, 0.25) is 0 Å². The Morgan fingerprint density at radius 3 is 2.27 bits per heavy atom. The van der Waals surface area contributed by atoms with Gasteiger partial charge < -0.3 is 0 Å². The third-order valence-corrected chi connectivity index (χ3v) is 3.56. The number of hydrogen-bond acceptors (Lipinski definition) is 3. The van der Waals surface area contributed by atoms with Gasteiger partial charge in [-0.25, -0.2) is 0 Å². The molecule has 0 aliphatic rings. The van der Waals surface area contributed by atoms with Gasteiger partial charge >= 0.3 is 0 Å². The maximum absolute atomic E-state index is 8.85. The van der Waals surface area contributed by atoms with E-state index in [-0.39, 0.29) is 5.57 Å². The number of nitriles is 2. The van der Waals surface area contributed by atoms with Crippen molar-refractivity contribution in [2.24, 2.45) is 0 Å². The summed E-state index contributed by atoms with van der Waals surface area (Å²) in [6, 6.07) is 11.9. The average Bonchev–Trinajstić information content (AvgIpc) is 2.55. The van der Waals surface area contributed by atoms with Gasteiger partial charge in [0.25, 0.3) is 0 Å². The fraction of sp³-hybridized carbons (Fsp3) is 0.474. The molecule has 0 heterocycles. The summed E-state index contributed by atoms with van der Waals surface area (Å²) in [7, 11) is 0. The molecule has 3 heteroatoms. The Kier molecular flexibility index (Phi) is 8.65. The van der Waals surface area contributed by atoms with E-state index in [9.17, 15) is 0 Å². The fourth-order valence-corrected chi connectivity index (χ4v) is 2.33. The molecule has 3 nitrogen and oxygen atoms in total. The van der Waals surface area contributed by atoms with E-state index in [1.165, 1.54) is 31.2 Å². The van der Waals surface area contributed by atoms with Crippen LogP contribution in [0.5, 0.6) is 0 Å². The number of allylic oxidation sites excluding steroid dienone is 1. The van der Waals surface area contributed by atoms with Gasteiger partial charge in [0.1, 0.15) is 17.7 Å². The van der Waals surface area contributed by atoms with E-state index in [2.05, 4.69) is 30.9 Å². The zero-order valence-electron chi connectivity index (χ0n) is 13.7. The molecular formula is C19H25N3. The Labute approximate surface area is 134 Å². The van der Waals surface area contributed by atoms with E-state index < -0.39 is 0 Å². The topological polar surface area (TPSA) is 50.8 Å². The van der Waals surface area contributed by atoms with E-state index in [0.29, 0.717) is 0 Å². The molecule has 1 aromatic rings. The molecule has 0 saturated heterocycles. The van der Waals surface area contributed by atoms with Crippen molar-refractivity contribution in [3.05, 3.63) is 41.0 Å². The lowest BCUT2D eigenvalue weighted by molar-refractivity contribution is 0.257. The van der Waals surface area contributed by atoms with E-state index in [1.807, 2.05) is 24.3 Å². The number of nitrogens with zero attached hydrogens (tertiary/aromatic N) is 3. The quantitative estimate of drug-likeness (QED) is 0.629. The summed E-state index contributed by atoms with van der Waals surface area (Å²) in [4.78, 5) is 2.49. The molecule has 0 radical (unpaired) electrons. The van der Waals surface area contributed by atoms with Crippen molar-refractivity contribution in [2.75, 3.05) is 13.1 Å². The Morgan fingerprint density at radius 2 is 1.73 bits per heavy atom. The highest BCUT2D eigenvalue weighted by Gasteiger charge is 2.05. The van der Waals surface area contributed by atoms with Crippen LogP contribution >= 0.6 is 0 Å². The van der Waals surface area contributed by atoms with Crippen LogP contribution in [0.3, 0.4) is 0 Å². The van der Waals surface area contributed by atoms with Crippen molar-refractivity contribution in [1.29, 1.82) is 10.5 Å². The van der Waals surface area contributed by atoms with Crippen LogP contribution < -0.4 is 0 Å². The van der Waals surface area contributed by atoms with Crippen LogP contribution in [-0.4, -0.2) is 18.0 Å².